The molecule has 0 N–H and O–H groups in total. The van der Waals surface area contributed by atoms with Gasteiger partial charge in [0.2, 0.25) is 5.76 Å². The monoisotopic (exact) mass is 310 g/mol. The van der Waals surface area contributed by atoms with Gasteiger partial charge >= 0.3 is 5.97 Å². The Bertz CT molecular complexity index is 431. The van der Waals surface area contributed by atoms with Crippen molar-refractivity contribution in [3.8, 4) is 0 Å². The molecule has 0 aliphatic carbocycles. The molecule has 0 bridgehead atoms. The van der Waals surface area contributed by atoms with Crippen molar-refractivity contribution in [1.29, 1.82) is 0 Å². The standard InChI is InChI=1S/C16H26N2O4/c1-3-4-5-6-7-8-10-18(11-9-15(19)21-2)16(20)14-12-17-13-22-14/h12-13H,3-11H2,1-2H3. The van der Waals surface area contributed by atoms with Crippen LogP contribution in [0.25, 0.3) is 0 Å². The third-order valence-electron chi connectivity index (χ3n) is 3.53. The number of ether oxygens (including phenoxy) is 1. The van der Waals surface area contributed by atoms with E-state index in [4.69, 9.17) is 4.42 Å². The van der Waals surface area contributed by atoms with E-state index in [0.717, 1.165) is 12.8 Å². The average Bonchev–Trinajstić information content (AvgIpc) is 3.06. The molecule has 0 saturated heterocycles. The number of esters is 1. The number of hydrogen-bond acceptors (Lipinski definition) is 5. The van der Waals surface area contributed by atoms with E-state index >= 15 is 0 Å². The Kier molecular flexibility index (Phi) is 8.95. The van der Waals surface area contributed by atoms with E-state index in [2.05, 4.69) is 16.6 Å². The summed E-state index contributed by atoms with van der Waals surface area (Å²) in [7, 11) is 1.35. The van der Waals surface area contributed by atoms with Crippen molar-refractivity contribution in [1.82, 2.24) is 9.88 Å². The van der Waals surface area contributed by atoms with E-state index in [1.165, 1.54) is 45.4 Å². The SMILES string of the molecule is CCCCCCCCN(CCC(=O)OC)C(=O)c1cnco1. The molecule has 0 atom stereocenters. The molecule has 0 saturated carbocycles. The van der Waals surface area contributed by atoms with E-state index in [9.17, 15) is 9.59 Å². The van der Waals surface area contributed by atoms with Crippen LogP contribution in [0, 0.1) is 0 Å². The van der Waals surface area contributed by atoms with Gasteiger partial charge in [0, 0.05) is 13.1 Å². The first kappa shape index (κ1) is 18.2. The molecule has 0 aliphatic rings. The molecule has 0 fully saturated rings. The van der Waals surface area contributed by atoms with E-state index in [-0.39, 0.29) is 24.1 Å². The van der Waals surface area contributed by atoms with Crippen LogP contribution < -0.4 is 0 Å². The lowest BCUT2D eigenvalue weighted by atomic mass is 10.1. The Morgan fingerprint density at radius 2 is 1.91 bits per heavy atom. The number of carbonyl (C=O) groups excluding carboxylic acids is 2. The van der Waals surface area contributed by atoms with Crippen molar-refractivity contribution >= 4 is 11.9 Å². The Morgan fingerprint density at radius 1 is 1.18 bits per heavy atom. The van der Waals surface area contributed by atoms with E-state index in [1.54, 1.807) is 4.90 Å². The van der Waals surface area contributed by atoms with E-state index < -0.39 is 0 Å². The van der Waals surface area contributed by atoms with Crippen LogP contribution in [0.1, 0.15) is 62.4 Å². The van der Waals surface area contributed by atoms with Crippen LogP contribution in [0.3, 0.4) is 0 Å². The van der Waals surface area contributed by atoms with Crippen LogP contribution in [0.2, 0.25) is 0 Å². The highest BCUT2D eigenvalue weighted by Crippen LogP contribution is 2.09. The third-order valence-corrected chi connectivity index (χ3v) is 3.53. The van der Waals surface area contributed by atoms with Crippen molar-refractivity contribution < 1.29 is 18.7 Å². The largest absolute Gasteiger partial charge is 0.469 e. The first-order valence-electron chi connectivity index (χ1n) is 7.93. The summed E-state index contributed by atoms with van der Waals surface area (Å²) in [5.41, 5.74) is 0. The summed E-state index contributed by atoms with van der Waals surface area (Å²) in [6.07, 6.45) is 9.70. The lowest BCUT2D eigenvalue weighted by Gasteiger charge is -2.21. The average molecular weight is 310 g/mol. The molecule has 6 heteroatoms. The Balaban J connectivity index is 2.43. The van der Waals surface area contributed by atoms with Crippen LogP contribution in [-0.2, 0) is 9.53 Å². The lowest BCUT2D eigenvalue weighted by molar-refractivity contribution is -0.140. The number of amides is 1. The predicted octanol–water partition coefficient (Wildman–Crippen LogP) is 3.04. The fourth-order valence-electron chi connectivity index (χ4n) is 2.20. The maximum absolute atomic E-state index is 12.3. The van der Waals surface area contributed by atoms with Crippen molar-refractivity contribution in [3.05, 3.63) is 18.4 Å². The van der Waals surface area contributed by atoms with E-state index in [1.807, 2.05) is 0 Å². The minimum atomic E-state index is -0.321. The first-order chi connectivity index (χ1) is 10.7. The molecule has 1 rings (SSSR count). The van der Waals surface area contributed by atoms with Gasteiger partial charge in [-0.15, -0.1) is 0 Å². The van der Waals surface area contributed by atoms with Crippen molar-refractivity contribution in [3.63, 3.8) is 0 Å². The van der Waals surface area contributed by atoms with Gasteiger partial charge in [-0.3, -0.25) is 9.59 Å². The zero-order valence-corrected chi connectivity index (χ0v) is 13.5. The van der Waals surface area contributed by atoms with Crippen LogP contribution >= 0.6 is 0 Å². The minimum Gasteiger partial charge on any atom is -0.469 e. The van der Waals surface area contributed by atoms with Crippen LogP contribution in [0.15, 0.2) is 17.0 Å². The first-order valence-corrected chi connectivity index (χ1v) is 7.93. The van der Waals surface area contributed by atoms with E-state index in [0.29, 0.717) is 13.1 Å². The minimum absolute atomic E-state index is 0.187. The molecular formula is C16H26N2O4. The Labute approximate surface area is 131 Å². The molecule has 1 aromatic rings. The topological polar surface area (TPSA) is 72.6 Å². The van der Waals surface area contributed by atoms with Gasteiger partial charge in [0.15, 0.2) is 6.39 Å². The zero-order chi connectivity index (χ0) is 16.2. The van der Waals surface area contributed by atoms with Gasteiger partial charge in [0.1, 0.15) is 0 Å². The highest BCUT2D eigenvalue weighted by molar-refractivity contribution is 5.91. The second kappa shape index (κ2) is 10.8. The molecule has 22 heavy (non-hydrogen) atoms. The molecule has 6 nitrogen and oxygen atoms in total. The van der Waals surface area contributed by atoms with Crippen molar-refractivity contribution in [2.45, 2.75) is 51.9 Å². The number of rotatable bonds is 11. The zero-order valence-electron chi connectivity index (χ0n) is 13.5. The molecule has 1 aromatic heterocycles. The van der Waals surface area contributed by atoms with Gasteiger partial charge in [-0.25, -0.2) is 4.98 Å². The lowest BCUT2D eigenvalue weighted by Crippen LogP contribution is -2.34. The second-order valence-electron chi connectivity index (χ2n) is 5.25. The molecule has 124 valence electrons. The summed E-state index contributed by atoms with van der Waals surface area (Å²) in [6.45, 7) is 3.13. The maximum atomic E-state index is 12.3. The summed E-state index contributed by atoms with van der Waals surface area (Å²) >= 11 is 0. The van der Waals surface area contributed by atoms with Gasteiger partial charge in [-0.2, -0.15) is 0 Å². The maximum Gasteiger partial charge on any atom is 0.307 e. The number of oxazole rings is 1. The fourth-order valence-corrected chi connectivity index (χ4v) is 2.20. The number of unbranched alkanes of at least 4 members (excludes halogenated alkanes) is 5. The number of aromatic nitrogens is 1. The van der Waals surface area contributed by atoms with Crippen LogP contribution in [0.5, 0.6) is 0 Å². The van der Waals surface area contributed by atoms with Crippen LogP contribution in [0.4, 0.5) is 0 Å². The molecule has 0 aromatic carbocycles. The smallest absolute Gasteiger partial charge is 0.307 e. The molecule has 0 radical (unpaired) electrons. The summed E-state index contributed by atoms with van der Waals surface area (Å²) in [4.78, 5) is 29.0. The fraction of sp³-hybridized carbons (Fsp3) is 0.688. The normalized spacial score (nSPS) is 10.5. The molecule has 1 heterocycles. The van der Waals surface area contributed by atoms with Gasteiger partial charge < -0.3 is 14.1 Å². The van der Waals surface area contributed by atoms with Crippen molar-refractivity contribution in [2.75, 3.05) is 20.2 Å². The Morgan fingerprint density at radius 3 is 2.55 bits per heavy atom. The molecule has 1 amide bonds. The quantitative estimate of drug-likeness (QED) is 0.464. The number of nitrogens with zero attached hydrogens (tertiary/aromatic N) is 2. The molecular weight excluding hydrogens is 284 g/mol. The van der Waals surface area contributed by atoms with Gasteiger partial charge in [-0.1, -0.05) is 39.0 Å². The number of hydrogen-bond donors (Lipinski definition) is 0. The highest BCUT2D eigenvalue weighted by Gasteiger charge is 2.19. The van der Waals surface area contributed by atoms with Gasteiger partial charge in [-0.05, 0) is 6.42 Å². The highest BCUT2D eigenvalue weighted by atomic mass is 16.5. The Hall–Kier alpha value is -1.85. The third kappa shape index (κ3) is 6.74. The number of carbonyl (C=O) groups is 2. The van der Waals surface area contributed by atoms with Crippen LogP contribution in [-0.4, -0.2) is 42.0 Å². The second-order valence-corrected chi connectivity index (χ2v) is 5.25. The summed E-state index contributed by atoms with van der Waals surface area (Å²) in [5, 5.41) is 0. The molecule has 0 unspecified atom stereocenters. The summed E-state index contributed by atoms with van der Waals surface area (Å²) < 4.78 is 9.68. The summed E-state index contributed by atoms with van der Waals surface area (Å²) in [6, 6.07) is 0. The molecule has 0 aliphatic heterocycles. The predicted molar refractivity (Wildman–Crippen MR) is 82.4 cm³/mol. The number of methoxy groups -OCH3 is 1. The van der Waals surface area contributed by atoms with Gasteiger partial charge in [0.05, 0.1) is 19.7 Å². The van der Waals surface area contributed by atoms with Crippen molar-refractivity contribution in [2.24, 2.45) is 0 Å². The van der Waals surface area contributed by atoms with Gasteiger partial charge in [0.25, 0.3) is 5.91 Å². The molecule has 0 spiro atoms. The summed E-state index contributed by atoms with van der Waals surface area (Å²) in [5.74, 6) is -0.343.